The molecule has 1 aromatic rings. The number of ether oxygens (including phenoxy) is 2. The second-order valence-corrected chi connectivity index (χ2v) is 7.14. The van der Waals surface area contributed by atoms with Crippen LogP contribution in [-0.2, 0) is 11.3 Å². The van der Waals surface area contributed by atoms with Crippen LogP contribution in [0.15, 0.2) is 21.1 Å². The Labute approximate surface area is 144 Å². The van der Waals surface area contributed by atoms with Gasteiger partial charge in [0, 0.05) is 20.2 Å². The van der Waals surface area contributed by atoms with Crippen molar-refractivity contribution >= 4 is 31.9 Å². The van der Waals surface area contributed by atoms with Gasteiger partial charge in [-0.25, -0.2) is 0 Å². The van der Waals surface area contributed by atoms with E-state index in [1.54, 1.807) is 7.11 Å². The molecule has 1 saturated carbocycles. The second-order valence-electron chi connectivity index (χ2n) is 5.44. The van der Waals surface area contributed by atoms with Gasteiger partial charge in [0.25, 0.3) is 0 Å². The van der Waals surface area contributed by atoms with Crippen LogP contribution in [0.5, 0.6) is 5.75 Å². The number of nitrogens with one attached hydrogen (secondary N) is 1. The van der Waals surface area contributed by atoms with Crippen molar-refractivity contribution in [3.05, 3.63) is 26.6 Å². The summed E-state index contributed by atoms with van der Waals surface area (Å²) in [6.07, 6.45) is 6.59. The summed E-state index contributed by atoms with van der Waals surface area (Å²) in [5, 5.41) is 3.35. The Morgan fingerprint density at radius 2 is 1.81 bits per heavy atom. The van der Waals surface area contributed by atoms with Gasteiger partial charge in [-0.3, -0.25) is 0 Å². The van der Waals surface area contributed by atoms with Crippen LogP contribution in [-0.4, -0.2) is 26.4 Å². The van der Waals surface area contributed by atoms with Gasteiger partial charge in [0.05, 0.1) is 21.7 Å². The molecule has 0 heterocycles. The summed E-state index contributed by atoms with van der Waals surface area (Å²) < 4.78 is 13.2. The number of halogens is 2. The van der Waals surface area contributed by atoms with Gasteiger partial charge in [-0.15, -0.1) is 0 Å². The molecule has 1 aliphatic carbocycles. The zero-order chi connectivity index (χ0) is 15.1. The SMILES string of the molecule is COCCNCc1cc(Br)c(OC2CCCCC2)c(Br)c1. The summed E-state index contributed by atoms with van der Waals surface area (Å²) in [5.41, 5.74) is 1.22. The molecule has 2 rings (SSSR count). The zero-order valence-corrected chi connectivity index (χ0v) is 15.6. The molecule has 0 aromatic heterocycles. The van der Waals surface area contributed by atoms with Crippen LogP contribution in [0, 0.1) is 0 Å². The van der Waals surface area contributed by atoms with E-state index in [2.05, 4.69) is 49.3 Å². The minimum atomic E-state index is 0.358. The summed E-state index contributed by atoms with van der Waals surface area (Å²) >= 11 is 7.28. The lowest BCUT2D eigenvalue weighted by Crippen LogP contribution is -2.20. The van der Waals surface area contributed by atoms with Crippen molar-refractivity contribution in [3.63, 3.8) is 0 Å². The Kier molecular flexibility index (Phi) is 7.50. The number of hydrogen-bond donors (Lipinski definition) is 1. The lowest BCUT2D eigenvalue weighted by atomic mass is 9.98. The first kappa shape index (κ1) is 17.3. The van der Waals surface area contributed by atoms with Gasteiger partial charge in [-0.1, -0.05) is 6.42 Å². The van der Waals surface area contributed by atoms with Crippen molar-refractivity contribution in [1.82, 2.24) is 5.32 Å². The van der Waals surface area contributed by atoms with Gasteiger partial charge in [-0.2, -0.15) is 0 Å². The topological polar surface area (TPSA) is 30.5 Å². The summed E-state index contributed by atoms with van der Waals surface area (Å²) in [6.45, 7) is 2.40. The average Bonchev–Trinajstić information content (AvgIpc) is 2.48. The molecule has 21 heavy (non-hydrogen) atoms. The molecule has 0 unspecified atom stereocenters. The van der Waals surface area contributed by atoms with E-state index in [4.69, 9.17) is 9.47 Å². The lowest BCUT2D eigenvalue weighted by molar-refractivity contribution is 0.153. The Morgan fingerprint density at radius 1 is 1.14 bits per heavy atom. The summed E-state index contributed by atoms with van der Waals surface area (Å²) in [4.78, 5) is 0. The molecule has 1 N–H and O–H groups in total. The fourth-order valence-electron chi connectivity index (χ4n) is 2.58. The molecular weight excluding hydrogens is 398 g/mol. The molecule has 0 saturated heterocycles. The molecule has 0 amide bonds. The van der Waals surface area contributed by atoms with Crippen LogP contribution < -0.4 is 10.1 Å². The average molecular weight is 421 g/mol. The molecule has 0 atom stereocenters. The molecule has 118 valence electrons. The normalized spacial score (nSPS) is 16.1. The van der Waals surface area contributed by atoms with Crippen LogP contribution in [0.1, 0.15) is 37.7 Å². The summed E-state index contributed by atoms with van der Waals surface area (Å²) in [7, 11) is 1.71. The van der Waals surface area contributed by atoms with Crippen molar-refractivity contribution < 1.29 is 9.47 Å². The monoisotopic (exact) mass is 419 g/mol. The maximum atomic E-state index is 6.18. The largest absolute Gasteiger partial charge is 0.488 e. The lowest BCUT2D eigenvalue weighted by Gasteiger charge is -2.24. The van der Waals surface area contributed by atoms with Gasteiger partial charge in [-0.05, 0) is 75.2 Å². The Morgan fingerprint density at radius 3 is 2.43 bits per heavy atom. The van der Waals surface area contributed by atoms with Crippen molar-refractivity contribution in [3.8, 4) is 5.75 Å². The third-order valence-electron chi connectivity index (χ3n) is 3.71. The van der Waals surface area contributed by atoms with Gasteiger partial charge in [0.15, 0.2) is 0 Å². The highest BCUT2D eigenvalue weighted by Crippen LogP contribution is 2.37. The maximum Gasteiger partial charge on any atom is 0.148 e. The number of methoxy groups -OCH3 is 1. The standard InChI is InChI=1S/C16H23Br2NO2/c1-20-8-7-19-11-12-9-14(17)16(15(18)10-12)21-13-5-3-2-4-6-13/h9-10,13,19H,2-8,11H2,1H3. The molecule has 0 bridgehead atoms. The van der Waals surface area contributed by atoms with E-state index in [1.165, 1.54) is 37.7 Å². The molecule has 1 aliphatic rings. The van der Waals surface area contributed by atoms with Crippen LogP contribution in [0.25, 0.3) is 0 Å². The van der Waals surface area contributed by atoms with E-state index in [0.29, 0.717) is 6.10 Å². The quantitative estimate of drug-likeness (QED) is 0.650. The number of rotatable bonds is 7. The first-order valence-electron chi connectivity index (χ1n) is 7.55. The number of benzene rings is 1. The number of hydrogen-bond acceptors (Lipinski definition) is 3. The van der Waals surface area contributed by atoms with E-state index in [-0.39, 0.29) is 0 Å². The third kappa shape index (κ3) is 5.55. The predicted octanol–water partition coefficient (Wildman–Crippen LogP) is 4.66. The van der Waals surface area contributed by atoms with E-state index >= 15 is 0 Å². The molecule has 0 aliphatic heterocycles. The van der Waals surface area contributed by atoms with Crippen molar-refractivity contribution in [1.29, 1.82) is 0 Å². The van der Waals surface area contributed by atoms with Gasteiger partial charge in [0.1, 0.15) is 5.75 Å². The van der Waals surface area contributed by atoms with E-state index in [9.17, 15) is 0 Å². The highest BCUT2D eigenvalue weighted by Gasteiger charge is 2.18. The highest BCUT2D eigenvalue weighted by molar-refractivity contribution is 9.11. The van der Waals surface area contributed by atoms with E-state index < -0.39 is 0 Å². The maximum absolute atomic E-state index is 6.18. The summed E-state index contributed by atoms with van der Waals surface area (Å²) in [6, 6.07) is 4.26. The smallest absolute Gasteiger partial charge is 0.148 e. The van der Waals surface area contributed by atoms with Gasteiger partial charge in [0.2, 0.25) is 0 Å². The first-order valence-corrected chi connectivity index (χ1v) is 9.13. The first-order chi connectivity index (χ1) is 10.2. The second kappa shape index (κ2) is 9.13. The Bertz CT molecular complexity index is 425. The van der Waals surface area contributed by atoms with Crippen LogP contribution >= 0.6 is 31.9 Å². The third-order valence-corrected chi connectivity index (χ3v) is 4.88. The van der Waals surface area contributed by atoms with Crippen LogP contribution in [0.3, 0.4) is 0 Å². The Balaban J connectivity index is 1.95. The van der Waals surface area contributed by atoms with Crippen molar-refractivity contribution in [2.45, 2.75) is 44.8 Å². The molecule has 0 radical (unpaired) electrons. The molecule has 0 spiro atoms. The van der Waals surface area contributed by atoms with E-state index in [0.717, 1.165) is 34.4 Å². The molecule has 5 heteroatoms. The predicted molar refractivity (Wildman–Crippen MR) is 92.9 cm³/mol. The molecule has 1 aromatic carbocycles. The fraction of sp³-hybridized carbons (Fsp3) is 0.625. The van der Waals surface area contributed by atoms with Gasteiger partial charge >= 0.3 is 0 Å². The van der Waals surface area contributed by atoms with Crippen molar-refractivity contribution in [2.75, 3.05) is 20.3 Å². The molecule has 1 fully saturated rings. The van der Waals surface area contributed by atoms with Gasteiger partial charge < -0.3 is 14.8 Å². The molecular formula is C16H23Br2NO2. The van der Waals surface area contributed by atoms with E-state index in [1.807, 2.05) is 0 Å². The minimum Gasteiger partial charge on any atom is -0.488 e. The highest BCUT2D eigenvalue weighted by atomic mass is 79.9. The minimum absolute atomic E-state index is 0.358. The van der Waals surface area contributed by atoms with Crippen molar-refractivity contribution in [2.24, 2.45) is 0 Å². The molecule has 3 nitrogen and oxygen atoms in total. The zero-order valence-electron chi connectivity index (χ0n) is 12.5. The van der Waals surface area contributed by atoms with Crippen LogP contribution in [0.4, 0.5) is 0 Å². The Hall–Kier alpha value is -0.100. The van der Waals surface area contributed by atoms with Crippen LogP contribution in [0.2, 0.25) is 0 Å². The fourth-order valence-corrected chi connectivity index (χ4v) is 4.05. The summed E-state index contributed by atoms with van der Waals surface area (Å²) in [5.74, 6) is 0.933.